The van der Waals surface area contributed by atoms with E-state index >= 15 is 0 Å². The summed E-state index contributed by atoms with van der Waals surface area (Å²) in [6.07, 6.45) is 5.94. The molecule has 1 aliphatic heterocycles. The molecule has 1 N–H and O–H groups in total. The maximum Gasteiger partial charge on any atom is 0.115 e. The fraction of sp³-hybridized carbons (Fsp3) is 0.812. The van der Waals surface area contributed by atoms with Crippen LogP contribution in [0.2, 0.25) is 0 Å². The summed E-state index contributed by atoms with van der Waals surface area (Å²) in [4.78, 5) is 2.46. The molecule has 0 aliphatic carbocycles. The molecular weight excluding hydrogens is 330 g/mol. The molecule has 2 unspecified atom stereocenters. The molecule has 0 spiro atoms. The Morgan fingerprint density at radius 2 is 1.95 bits per heavy atom. The van der Waals surface area contributed by atoms with Gasteiger partial charge in [0.15, 0.2) is 0 Å². The Morgan fingerprint density at radius 3 is 2.48 bits per heavy atom. The Balaban J connectivity index is 2.35. The number of likely N-dealkylation sites (tertiary alicyclic amines) is 1. The predicted molar refractivity (Wildman–Crippen MR) is 89.4 cm³/mol. The maximum atomic E-state index is 11.2. The SMILES string of the molecule is CCC(C)(C(O)c1c(Br)cnn1C(C)C)N1CCCCC1. The molecule has 1 fully saturated rings. The smallest absolute Gasteiger partial charge is 0.115 e. The van der Waals surface area contributed by atoms with Crippen LogP contribution < -0.4 is 0 Å². The highest BCUT2D eigenvalue weighted by Gasteiger charge is 2.41. The van der Waals surface area contributed by atoms with Crippen molar-refractivity contribution in [1.82, 2.24) is 14.7 Å². The van der Waals surface area contributed by atoms with Gasteiger partial charge in [0.2, 0.25) is 0 Å². The van der Waals surface area contributed by atoms with Crippen molar-refractivity contribution in [3.8, 4) is 0 Å². The van der Waals surface area contributed by atoms with Crippen molar-refractivity contribution in [1.29, 1.82) is 0 Å². The van der Waals surface area contributed by atoms with Gasteiger partial charge in [-0.2, -0.15) is 5.10 Å². The van der Waals surface area contributed by atoms with Crippen LogP contribution in [0.1, 0.15) is 71.2 Å². The minimum Gasteiger partial charge on any atom is -0.385 e. The van der Waals surface area contributed by atoms with Crippen molar-refractivity contribution < 1.29 is 5.11 Å². The van der Waals surface area contributed by atoms with E-state index in [9.17, 15) is 5.11 Å². The summed E-state index contributed by atoms with van der Waals surface area (Å²) in [5, 5.41) is 15.6. The lowest BCUT2D eigenvalue weighted by Crippen LogP contribution is -2.52. The van der Waals surface area contributed by atoms with Crippen LogP contribution in [0, 0.1) is 0 Å². The lowest BCUT2D eigenvalue weighted by atomic mass is 9.85. The molecule has 0 saturated carbocycles. The second-order valence-electron chi connectivity index (χ2n) is 6.58. The summed E-state index contributed by atoms with van der Waals surface area (Å²) in [7, 11) is 0. The maximum absolute atomic E-state index is 11.2. The average Bonchev–Trinajstić information content (AvgIpc) is 2.88. The van der Waals surface area contributed by atoms with E-state index in [0.29, 0.717) is 0 Å². The van der Waals surface area contributed by atoms with E-state index < -0.39 is 6.10 Å². The van der Waals surface area contributed by atoms with Crippen LogP contribution >= 0.6 is 15.9 Å². The van der Waals surface area contributed by atoms with Crippen LogP contribution in [0.4, 0.5) is 0 Å². The summed E-state index contributed by atoms with van der Waals surface area (Å²) in [5.74, 6) is 0. The summed E-state index contributed by atoms with van der Waals surface area (Å²) in [6, 6.07) is 0.239. The first-order valence-electron chi connectivity index (χ1n) is 8.07. The fourth-order valence-electron chi connectivity index (χ4n) is 3.31. The molecule has 2 rings (SSSR count). The Hall–Kier alpha value is -0.390. The zero-order valence-electron chi connectivity index (χ0n) is 13.6. The van der Waals surface area contributed by atoms with E-state index in [4.69, 9.17) is 0 Å². The number of hydrogen-bond donors (Lipinski definition) is 1. The first kappa shape index (κ1) is 17.0. The molecule has 2 heterocycles. The second kappa shape index (κ2) is 6.80. The Labute approximate surface area is 136 Å². The number of hydrogen-bond acceptors (Lipinski definition) is 3. The van der Waals surface area contributed by atoms with Crippen molar-refractivity contribution in [3.63, 3.8) is 0 Å². The van der Waals surface area contributed by atoms with Gasteiger partial charge >= 0.3 is 0 Å². The van der Waals surface area contributed by atoms with Gasteiger partial charge in [-0.1, -0.05) is 13.3 Å². The number of aliphatic hydroxyl groups excluding tert-OH is 1. The van der Waals surface area contributed by atoms with Gasteiger partial charge in [0, 0.05) is 11.6 Å². The molecule has 0 bridgehead atoms. The number of piperidine rings is 1. The molecule has 1 aliphatic rings. The van der Waals surface area contributed by atoms with Gasteiger partial charge in [0.05, 0.1) is 16.4 Å². The standard InChI is InChI=1S/C16H28BrN3O/c1-5-16(4,19-9-7-6-8-10-19)15(21)14-13(17)11-18-20(14)12(2)3/h11-12,15,21H,5-10H2,1-4H3. The zero-order chi connectivity index (χ0) is 15.6. The molecule has 0 aromatic carbocycles. The van der Waals surface area contributed by atoms with E-state index in [1.54, 1.807) is 6.20 Å². The minimum absolute atomic E-state index is 0.239. The molecule has 5 heteroatoms. The van der Waals surface area contributed by atoms with E-state index in [1.807, 2.05) is 4.68 Å². The molecule has 4 nitrogen and oxygen atoms in total. The number of rotatable bonds is 5. The Kier molecular flexibility index (Phi) is 5.49. The summed E-state index contributed by atoms with van der Waals surface area (Å²) in [6.45, 7) is 10.7. The Morgan fingerprint density at radius 1 is 1.33 bits per heavy atom. The third-order valence-corrected chi connectivity index (χ3v) is 5.53. The second-order valence-corrected chi connectivity index (χ2v) is 7.43. The van der Waals surface area contributed by atoms with Crippen molar-refractivity contribution in [2.75, 3.05) is 13.1 Å². The van der Waals surface area contributed by atoms with Gasteiger partial charge in [-0.3, -0.25) is 9.58 Å². The summed E-state index contributed by atoms with van der Waals surface area (Å²) in [5.41, 5.74) is 0.662. The highest BCUT2D eigenvalue weighted by atomic mass is 79.9. The van der Waals surface area contributed by atoms with Crippen LogP contribution in [0.3, 0.4) is 0 Å². The van der Waals surface area contributed by atoms with E-state index in [1.165, 1.54) is 19.3 Å². The average molecular weight is 358 g/mol. The molecule has 0 radical (unpaired) electrons. The van der Waals surface area contributed by atoms with Gasteiger partial charge in [-0.25, -0.2) is 0 Å². The van der Waals surface area contributed by atoms with Crippen LogP contribution in [0.15, 0.2) is 10.7 Å². The lowest BCUT2D eigenvalue weighted by molar-refractivity contribution is -0.0399. The third-order valence-electron chi connectivity index (χ3n) is 4.92. The summed E-state index contributed by atoms with van der Waals surface area (Å²) < 4.78 is 2.84. The highest BCUT2D eigenvalue weighted by Crippen LogP contribution is 2.39. The van der Waals surface area contributed by atoms with E-state index in [2.05, 4.69) is 53.6 Å². The molecule has 1 saturated heterocycles. The molecule has 1 aromatic heterocycles. The number of aromatic nitrogens is 2. The number of nitrogens with zero attached hydrogens (tertiary/aromatic N) is 3. The van der Waals surface area contributed by atoms with Crippen LogP contribution in [-0.2, 0) is 0 Å². The van der Waals surface area contributed by atoms with Gasteiger partial charge in [-0.15, -0.1) is 0 Å². The van der Waals surface area contributed by atoms with E-state index in [-0.39, 0.29) is 11.6 Å². The number of halogens is 1. The van der Waals surface area contributed by atoms with Crippen molar-refractivity contribution in [2.45, 2.75) is 71.1 Å². The molecule has 1 aromatic rings. The topological polar surface area (TPSA) is 41.3 Å². The van der Waals surface area contributed by atoms with E-state index in [0.717, 1.165) is 29.7 Å². The van der Waals surface area contributed by atoms with Gasteiger partial charge in [-0.05, 0) is 69.1 Å². The van der Waals surface area contributed by atoms with Crippen LogP contribution in [0.25, 0.3) is 0 Å². The quantitative estimate of drug-likeness (QED) is 0.868. The van der Waals surface area contributed by atoms with Crippen LogP contribution in [0.5, 0.6) is 0 Å². The van der Waals surface area contributed by atoms with Crippen molar-refractivity contribution in [2.24, 2.45) is 0 Å². The fourth-order valence-corrected chi connectivity index (χ4v) is 3.80. The largest absolute Gasteiger partial charge is 0.385 e. The molecule has 2 atom stereocenters. The first-order chi connectivity index (χ1) is 9.91. The van der Waals surface area contributed by atoms with Gasteiger partial charge in [0.25, 0.3) is 0 Å². The van der Waals surface area contributed by atoms with Gasteiger partial charge < -0.3 is 5.11 Å². The molecule has 120 valence electrons. The zero-order valence-corrected chi connectivity index (χ0v) is 15.2. The van der Waals surface area contributed by atoms with Crippen molar-refractivity contribution in [3.05, 3.63) is 16.4 Å². The first-order valence-corrected chi connectivity index (χ1v) is 8.87. The molecular formula is C16H28BrN3O. The van der Waals surface area contributed by atoms with Gasteiger partial charge in [0.1, 0.15) is 6.10 Å². The minimum atomic E-state index is -0.542. The molecule has 0 amide bonds. The number of aliphatic hydroxyl groups is 1. The lowest BCUT2D eigenvalue weighted by Gasteiger charge is -2.46. The normalized spacial score (nSPS) is 21.5. The predicted octanol–water partition coefficient (Wildman–Crippen LogP) is 3.91. The third kappa shape index (κ3) is 3.20. The van der Waals surface area contributed by atoms with Crippen molar-refractivity contribution >= 4 is 15.9 Å². The summed E-state index contributed by atoms with van der Waals surface area (Å²) >= 11 is 3.57. The monoisotopic (exact) mass is 357 g/mol. The molecule has 21 heavy (non-hydrogen) atoms. The Bertz CT molecular complexity index is 468. The van der Waals surface area contributed by atoms with Crippen LogP contribution in [-0.4, -0.2) is 38.4 Å². The highest BCUT2D eigenvalue weighted by molar-refractivity contribution is 9.10.